The average Bonchev–Trinajstić information content (AvgIpc) is 3.14. The summed E-state index contributed by atoms with van der Waals surface area (Å²) in [5.74, 6) is -1.24. The second kappa shape index (κ2) is 9.90. The summed E-state index contributed by atoms with van der Waals surface area (Å²) in [6, 6.07) is 17.7. The average molecular weight is 495 g/mol. The van der Waals surface area contributed by atoms with Crippen LogP contribution in [0, 0.1) is 17.2 Å². The van der Waals surface area contributed by atoms with E-state index < -0.39 is 34.3 Å². The number of anilines is 2. The highest BCUT2D eigenvalue weighted by Crippen LogP contribution is 2.40. The number of ketones is 1. The molecule has 0 amide bonds. The molecule has 1 fully saturated rings. The Balaban J connectivity index is 1.37. The lowest BCUT2D eigenvalue weighted by molar-refractivity contribution is -0.152. The molecule has 0 unspecified atom stereocenters. The highest BCUT2D eigenvalue weighted by Gasteiger charge is 2.34. The van der Waals surface area contributed by atoms with Crippen molar-refractivity contribution in [3.63, 3.8) is 0 Å². The van der Waals surface area contributed by atoms with Crippen LogP contribution in [-0.4, -0.2) is 58.3 Å². The Morgan fingerprint density at radius 3 is 2.06 bits per heavy atom. The summed E-state index contributed by atoms with van der Waals surface area (Å²) in [5.41, 5.74) is 1.63. The summed E-state index contributed by atoms with van der Waals surface area (Å²) in [5, 5.41) is 9.70. The molecule has 10 heteroatoms. The van der Waals surface area contributed by atoms with Gasteiger partial charge < -0.3 is 14.5 Å². The zero-order chi connectivity index (χ0) is 25.2. The molecule has 0 saturated carbocycles. The van der Waals surface area contributed by atoms with Gasteiger partial charge in [-0.05, 0) is 37.1 Å². The van der Waals surface area contributed by atoms with Gasteiger partial charge in [0.25, 0.3) is 0 Å². The summed E-state index contributed by atoms with van der Waals surface area (Å²) in [6.45, 7) is -0.176. The van der Waals surface area contributed by atoms with E-state index in [2.05, 4.69) is 0 Å². The Morgan fingerprint density at radius 2 is 1.51 bits per heavy atom. The maximum absolute atomic E-state index is 12.8. The Bertz CT molecular complexity index is 1280. The van der Waals surface area contributed by atoms with Crippen LogP contribution in [0.5, 0.6) is 0 Å². The monoisotopic (exact) mass is 494 g/mol. The molecule has 0 spiro atoms. The van der Waals surface area contributed by atoms with Crippen molar-refractivity contribution in [2.45, 2.75) is 17.7 Å². The highest BCUT2D eigenvalue weighted by atomic mass is 32.2. The van der Waals surface area contributed by atoms with E-state index in [1.807, 2.05) is 30.3 Å². The first kappa shape index (κ1) is 24.4. The number of fused-ring (bicyclic) bond motifs is 1. The van der Waals surface area contributed by atoms with Gasteiger partial charge in [-0.15, -0.1) is 0 Å². The van der Waals surface area contributed by atoms with Crippen LogP contribution in [0.4, 0.5) is 11.4 Å². The molecule has 0 aromatic heterocycles. The van der Waals surface area contributed by atoms with Crippen molar-refractivity contribution >= 4 is 33.2 Å². The van der Waals surface area contributed by atoms with Crippen LogP contribution < -0.4 is 9.80 Å². The summed E-state index contributed by atoms with van der Waals surface area (Å²) in [4.78, 5) is 29.2. The van der Waals surface area contributed by atoms with E-state index in [1.54, 1.807) is 54.2 Å². The number of carbonyl (C=O) groups excluding carboxylic acids is 2. The Morgan fingerprint density at radius 1 is 0.971 bits per heavy atom. The number of nitrogens with zero attached hydrogens (tertiary/aromatic N) is 4. The van der Waals surface area contributed by atoms with Gasteiger partial charge >= 0.3 is 5.97 Å². The zero-order valence-electron chi connectivity index (χ0n) is 19.5. The number of carbonyl (C=O) groups is 2. The number of hydrogen-bond donors (Lipinski definition) is 0. The molecular formula is C25H26N4O5S. The lowest BCUT2D eigenvalue weighted by Crippen LogP contribution is -2.40. The first-order valence-corrected chi connectivity index (χ1v) is 12.7. The van der Waals surface area contributed by atoms with E-state index in [4.69, 9.17) is 4.74 Å². The Hall–Kier alpha value is -3.68. The number of esters is 1. The number of para-hydroxylation sites is 2. The summed E-state index contributed by atoms with van der Waals surface area (Å²) in [7, 11) is -0.0796. The number of hydrogen-bond acceptors (Lipinski definition) is 8. The number of Topliss-reactive ketones (excluding diaryl/α,β-unsaturated/α-hetero) is 1. The summed E-state index contributed by atoms with van der Waals surface area (Å²) >= 11 is 0. The van der Waals surface area contributed by atoms with Gasteiger partial charge in [-0.1, -0.05) is 30.3 Å². The van der Waals surface area contributed by atoms with Gasteiger partial charge in [0.15, 0.2) is 6.61 Å². The van der Waals surface area contributed by atoms with Gasteiger partial charge in [0.2, 0.25) is 15.8 Å². The quantitative estimate of drug-likeness (QED) is 0.342. The Kier molecular flexibility index (Phi) is 6.91. The zero-order valence-corrected chi connectivity index (χ0v) is 20.4. The van der Waals surface area contributed by atoms with Crippen molar-refractivity contribution < 1.29 is 22.7 Å². The molecule has 0 N–H and O–H groups in total. The van der Waals surface area contributed by atoms with Gasteiger partial charge in [0.05, 0.1) is 22.2 Å². The molecule has 0 aliphatic carbocycles. The predicted molar refractivity (Wildman–Crippen MR) is 130 cm³/mol. The van der Waals surface area contributed by atoms with Crippen molar-refractivity contribution in [2.24, 2.45) is 5.92 Å². The molecule has 9 nitrogen and oxygen atoms in total. The standard InChI is InChI=1S/C25H26N4O5S/c1-27-21-10-6-7-11-22(21)28(2)24(27)20(16-26)23(30)17-34-25(31)18-12-14-29(15-13-18)35(32,33)19-8-4-3-5-9-19/h3-11,18H,12-15,17H2,1-2H3. The lowest BCUT2D eigenvalue weighted by atomic mass is 9.98. The van der Waals surface area contributed by atoms with Crippen LogP contribution in [0.3, 0.4) is 0 Å². The number of piperidine rings is 1. The second-order valence-electron chi connectivity index (χ2n) is 8.44. The van der Waals surface area contributed by atoms with Crippen molar-refractivity contribution in [3.05, 3.63) is 66.0 Å². The molecule has 4 rings (SSSR count). The third kappa shape index (κ3) is 4.65. The molecule has 2 aromatic carbocycles. The summed E-state index contributed by atoms with van der Waals surface area (Å²) < 4.78 is 32.2. The van der Waals surface area contributed by atoms with Crippen LogP contribution in [0.2, 0.25) is 0 Å². The molecule has 0 bridgehead atoms. The van der Waals surface area contributed by atoms with E-state index in [0.717, 1.165) is 11.4 Å². The van der Waals surface area contributed by atoms with E-state index in [-0.39, 0.29) is 23.6 Å². The van der Waals surface area contributed by atoms with Gasteiger partial charge in [0.1, 0.15) is 17.5 Å². The molecule has 2 heterocycles. The first-order valence-electron chi connectivity index (χ1n) is 11.2. The number of rotatable bonds is 6. The molecule has 2 aromatic rings. The second-order valence-corrected chi connectivity index (χ2v) is 10.4. The minimum Gasteiger partial charge on any atom is -0.457 e. The van der Waals surface area contributed by atoms with Gasteiger partial charge in [-0.25, -0.2) is 8.42 Å². The highest BCUT2D eigenvalue weighted by molar-refractivity contribution is 7.89. The molecule has 1 saturated heterocycles. The normalized spacial score (nSPS) is 16.5. The molecule has 2 aliphatic rings. The maximum atomic E-state index is 12.8. The number of sulfonamides is 1. The third-order valence-electron chi connectivity index (χ3n) is 6.37. The lowest BCUT2D eigenvalue weighted by Gasteiger charge is -2.30. The summed E-state index contributed by atoms with van der Waals surface area (Å²) in [6.07, 6.45) is 0.595. The maximum Gasteiger partial charge on any atom is 0.309 e. The van der Waals surface area contributed by atoms with Crippen molar-refractivity contribution in [3.8, 4) is 6.07 Å². The fraction of sp³-hybridized carbons (Fsp3) is 0.320. The van der Waals surface area contributed by atoms with Crippen molar-refractivity contribution in [1.29, 1.82) is 5.26 Å². The van der Waals surface area contributed by atoms with Crippen LogP contribution in [0.25, 0.3) is 0 Å². The van der Waals surface area contributed by atoms with Crippen LogP contribution in [0.1, 0.15) is 12.8 Å². The van der Waals surface area contributed by atoms with Crippen LogP contribution in [-0.2, 0) is 24.3 Å². The van der Waals surface area contributed by atoms with Crippen molar-refractivity contribution in [2.75, 3.05) is 43.6 Å². The topological polar surface area (TPSA) is 111 Å². The Labute approximate surface area is 204 Å². The van der Waals surface area contributed by atoms with E-state index >= 15 is 0 Å². The fourth-order valence-corrected chi connectivity index (χ4v) is 5.95. The minimum atomic E-state index is -3.62. The van der Waals surface area contributed by atoms with Gasteiger partial charge in [0, 0.05) is 27.2 Å². The molecule has 2 aliphatic heterocycles. The molecule has 0 atom stereocenters. The van der Waals surface area contributed by atoms with Crippen LogP contribution >= 0.6 is 0 Å². The van der Waals surface area contributed by atoms with E-state index in [9.17, 15) is 23.3 Å². The van der Waals surface area contributed by atoms with Gasteiger partial charge in [-0.2, -0.15) is 9.57 Å². The molecule has 0 radical (unpaired) electrons. The first-order chi connectivity index (χ1) is 16.8. The minimum absolute atomic E-state index is 0.0947. The predicted octanol–water partition coefficient (Wildman–Crippen LogP) is 2.52. The number of nitriles is 1. The molecule has 35 heavy (non-hydrogen) atoms. The van der Waals surface area contributed by atoms with E-state index in [0.29, 0.717) is 18.7 Å². The van der Waals surface area contributed by atoms with E-state index in [1.165, 1.54) is 4.31 Å². The smallest absolute Gasteiger partial charge is 0.309 e. The third-order valence-corrected chi connectivity index (χ3v) is 8.28. The van der Waals surface area contributed by atoms with Crippen LogP contribution in [0.15, 0.2) is 70.9 Å². The largest absolute Gasteiger partial charge is 0.457 e. The fourth-order valence-electron chi connectivity index (χ4n) is 4.46. The van der Waals surface area contributed by atoms with Crippen molar-refractivity contribution in [1.82, 2.24) is 4.31 Å². The SMILES string of the molecule is CN1C(=C(C#N)C(=O)COC(=O)C2CCN(S(=O)(=O)c3ccccc3)CC2)N(C)c2ccccc21. The van der Waals surface area contributed by atoms with Gasteiger partial charge in [-0.3, -0.25) is 9.59 Å². The number of benzene rings is 2. The molecular weight excluding hydrogens is 468 g/mol. The molecule has 182 valence electrons. The number of ether oxygens (including phenoxy) is 1.